The zero-order valence-electron chi connectivity index (χ0n) is 11.7. The van der Waals surface area contributed by atoms with Crippen molar-refractivity contribution in [2.45, 2.75) is 57.6 Å². The molecule has 0 aromatic rings. The summed E-state index contributed by atoms with van der Waals surface area (Å²) in [4.78, 5) is 14.8. The van der Waals surface area contributed by atoms with E-state index in [1.807, 2.05) is 6.92 Å². The molecule has 0 radical (unpaired) electrons. The van der Waals surface area contributed by atoms with Crippen LogP contribution >= 0.6 is 0 Å². The van der Waals surface area contributed by atoms with E-state index in [2.05, 4.69) is 17.1 Å². The second-order valence-corrected chi connectivity index (χ2v) is 5.68. The summed E-state index contributed by atoms with van der Waals surface area (Å²) in [6.07, 6.45) is 5.17. The Labute approximate surface area is 110 Å². The van der Waals surface area contributed by atoms with Crippen LogP contribution < -0.4 is 5.32 Å². The molecule has 2 atom stereocenters. The summed E-state index contributed by atoms with van der Waals surface area (Å²) >= 11 is 0. The van der Waals surface area contributed by atoms with Crippen molar-refractivity contribution in [2.75, 3.05) is 26.2 Å². The lowest BCUT2D eigenvalue weighted by Gasteiger charge is -2.38. The largest absolute Gasteiger partial charge is 0.365 e. The molecule has 104 valence electrons. The zero-order valence-corrected chi connectivity index (χ0v) is 11.7. The molecule has 0 aromatic heterocycles. The van der Waals surface area contributed by atoms with Crippen LogP contribution in [0, 0.1) is 0 Å². The lowest BCUT2D eigenvalue weighted by atomic mass is 9.97. The first-order valence-corrected chi connectivity index (χ1v) is 7.33. The maximum Gasteiger partial charge on any atom is 0.254 e. The van der Waals surface area contributed by atoms with Crippen LogP contribution in [0.3, 0.4) is 0 Å². The maximum absolute atomic E-state index is 12.7. The molecular formula is C14H26N2O2. The van der Waals surface area contributed by atoms with Crippen LogP contribution in [0.1, 0.15) is 46.0 Å². The van der Waals surface area contributed by atoms with E-state index in [-0.39, 0.29) is 5.91 Å². The molecule has 4 heteroatoms. The van der Waals surface area contributed by atoms with Gasteiger partial charge in [0.1, 0.15) is 5.60 Å². The molecule has 0 aromatic carbocycles. The summed E-state index contributed by atoms with van der Waals surface area (Å²) in [6.45, 7) is 7.69. The summed E-state index contributed by atoms with van der Waals surface area (Å²) in [5.41, 5.74) is -0.563. The van der Waals surface area contributed by atoms with Gasteiger partial charge in [0.25, 0.3) is 5.91 Å². The molecule has 0 aliphatic carbocycles. The van der Waals surface area contributed by atoms with E-state index in [1.165, 1.54) is 0 Å². The van der Waals surface area contributed by atoms with Crippen molar-refractivity contribution in [3.05, 3.63) is 0 Å². The lowest BCUT2D eigenvalue weighted by molar-refractivity contribution is -0.154. The predicted octanol–water partition coefficient (Wildman–Crippen LogP) is 1.55. The Morgan fingerprint density at radius 2 is 2.33 bits per heavy atom. The third-order valence-electron chi connectivity index (χ3n) is 4.11. The smallest absolute Gasteiger partial charge is 0.254 e. The summed E-state index contributed by atoms with van der Waals surface area (Å²) in [6, 6.07) is 0.354. The highest BCUT2D eigenvalue weighted by Crippen LogP contribution is 2.29. The van der Waals surface area contributed by atoms with Crippen molar-refractivity contribution in [1.29, 1.82) is 0 Å². The molecule has 18 heavy (non-hydrogen) atoms. The Morgan fingerprint density at radius 3 is 2.89 bits per heavy atom. The molecule has 2 aliphatic heterocycles. The number of hydrogen-bond acceptors (Lipinski definition) is 3. The number of carbonyl (C=O) groups excluding carboxylic acids is 1. The highest BCUT2D eigenvalue weighted by molar-refractivity contribution is 5.85. The molecule has 0 bridgehead atoms. The molecule has 1 N–H and O–H groups in total. The molecule has 2 saturated heterocycles. The Bertz CT molecular complexity index is 282. The minimum atomic E-state index is -0.563. The number of carbonyl (C=O) groups is 1. The van der Waals surface area contributed by atoms with Gasteiger partial charge >= 0.3 is 0 Å². The molecule has 4 nitrogen and oxygen atoms in total. The highest BCUT2D eigenvalue weighted by Gasteiger charge is 2.42. The van der Waals surface area contributed by atoms with Gasteiger partial charge in [-0.25, -0.2) is 0 Å². The molecule has 2 aliphatic rings. The number of ether oxygens (including phenoxy) is 1. The number of rotatable bonds is 4. The predicted molar refractivity (Wildman–Crippen MR) is 71.5 cm³/mol. The van der Waals surface area contributed by atoms with Crippen molar-refractivity contribution in [3.63, 3.8) is 0 Å². The van der Waals surface area contributed by atoms with Crippen LogP contribution in [0.2, 0.25) is 0 Å². The lowest BCUT2D eigenvalue weighted by Crippen LogP contribution is -2.55. The SMILES string of the molecule is CCCN(C(=O)C1(C)CCCO1)C1CCCNC1. The molecule has 2 fully saturated rings. The fourth-order valence-corrected chi connectivity index (χ4v) is 3.04. The van der Waals surface area contributed by atoms with Gasteiger partial charge < -0.3 is 15.0 Å². The Morgan fingerprint density at radius 1 is 1.50 bits per heavy atom. The van der Waals surface area contributed by atoms with E-state index >= 15 is 0 Å². The van der Waals surface area contributed by atoms with E-state index in [9.17, 15) is 4.79 Å². The summed E-state index contributed by atoms with van der Waals surface area (Å²) in [5, 5.41) is 3.40. The second kappa shape index (κ2) is 6.02. The highest BCUT2D eigenvalue weighted by atomic mass is 16.5. The fraction of sp³-hybridized carbons (Fsp3) is 0.929. The second-order valence-electron chi connectivity index (χ2n) is 5.68. The van der Waals surface area contributed by atoms with Crippen LogP contribution in [0.5, 0.6) is 0 Å². The standard InChI is InChI=1S/C14H26N2O2/c1-3-9-16(12-6-4-8-15-11-12)13(17)14(2)7-5-10-18-14/h12,15H,3-11H2,1-2H3. The van der Waals surface area contributed by atoms with Crippen molar-refractivity contribution in [3.8, 4) is 0 Å². The van der Waals surface area contributed by atoms with Gasteiger partial charge in [0.15, 0.2) is 0 Å². The first-order chi connectivity index (χ1) is 8.67. The average molecular weight is 254 g/mol. The third-order valence-corrected chi connectivity index (χ3v) is 4.11. The first-order valence-electron chi connectivity index (χ1n) is 7.33. The van der Waals surface area contributed by atoms with Crippen molar-refractivity contribution >= 4 is 5.91 Å². The zero-order chi connectivity index (χ0) is 13.0. The van der Waals surface area contributed by atoms with Gasteiger partial charge in [-0.3, -0.25) is 4.79 Å². The van der Waals surface area contributed by atoms with Gasteiger partial charge in [0.05, 0.1) is 0 Å². The molecule has 2 heterocycles. The topological polar surface area (TPSA) is 41.6 Å². The number of hydrogen-bond donors (Lipinski definition) is 1. The average Bonchev–Trinajstić information content (AvgIpc) is 2.84. The first kappa shape index (κ1) is 13.8. The van der Waals surface area contributed by atoms with Crippen LogP contribution in [0.15, 0.2) is 0 Å². The van der Waals surface area contributed by atoms with Crippen molar-refractivity contribution in [1.82, 2.24) is 10.2 Å². The van der Waals surface area contributed by atoms with Gasteiger partial charge in [-0.15, -0.1) is 0 Å². The summed E-state index contributed by atoms with van der Waals surface area (Å²) in [5.74, 6) is 0.204. The summed E-state index contributed by atoms with van der Waals surface area (Å²) in [7, 11) is 0. The quantitative estimate of drug-likeness (QED) is 0.827. The number of amides is 1. The molecular weight excluding hydrogens is 228 g/mol. The van der Waals surface area contributed by atoms with E-state index in [0.29, 0.717) is 6.04 Å². The van der Waals surface area contributed by atoms with Gasteiger partial charge in [-0.05, 0) is 45.6 Å². The molecule has 1 amide bonds. The van der Waals surface area contributed by atoms with Gasteiger partial charge in [-0.1, -0.05) is 6.92 Å². The monoisotopic (exact) mass is 254 g/mol. The van der Waals surface area contributed by atoms with Crippen molar-refractivity contribution in [2.24, 2.45) is 0 Å². The summed E-state index contributed by atoms with van der Waals surface area (Å²) < 4.78 is 5.71. The number of nitrogens with zero attached hydrogens (tertiary/aromatic N) is 1. The maximum atomic E-state index is 12.7. The minimum Gasteiger partial charge on any atom is -0.365 e. The van der Waals surface area contributed by atoms with Gasteiger partial charge in [0, 0.05) is 25.7 Å². The van der Waals surface area contributed by atoms with Crippen molar-refractivity contribution < 1.29 is 9.53 Å². The molecule has 2 rings (SSSR count). The minimum absolute atomic E-state index is 0.204. The normalized spacial score (nSPS) is 32.4. The van der Waals surface area contributed by atoms with Crippen LogP contribution in [-0.2, 0) is 9.53 Å². The van der Waals surface area contributed by atoms with Gasteiger partial charge in [0.2, 0.25) is 0 Å². The van der Waals surface area contributed by atoms with E-state index in [4.69, 9.17) is 4.74 Å². The number of nitrogens with one attached hydrogen (secondary N) is 1. The van der Waals surface area contributed by atoms with Crippen LogP contribution in [0.4, 0.5) is 0 Å². The van der Waals surface area contributed by atoms with E-state index < -0.39 is 5.60 Å². The molecule has 0 spiro atoms. The van der Waals surface area contributed by atoms with Crippen LogP contribution in [0.25, 0.3) is 0 Å². The van der Waals surface area contributed by atoms with Gasteiger partial charge in [-0.2, -0.15) is 0 Å². The Hall–Kier alpha value is -0.610. The molecule has 2 unspecified atom stereocenters. The Kier molecular flexibility index (Phi) is 4.62. The van der Waals surface area contributed by atoms with Crippen LogP contribution in [-0.4, -0.2) is 48.7 Å². The number of piperidine rings is 1. The fourth-order valence-electron chi connectivity index (χ4n) is 3.04. The van der Waals surface area contributed by atoms with E-state index in [0.717, 1.165) is 58.3 Å². The Balaban J connectivity index is 2.05. The molecule has 0 saturated carbocycles. The van der Waals surface area contributed by atoms with E-state index in [1.54, 1.807) is 0 Å². The third kappa shape index (κ3) is 2.86.